The van der Waals surface area contributed by atoms with Crippen LogP contribution in [0.4, 0.5) is 17.1 Å². The Morgan fingerprint density at radius 3 is 1.16 bits per heavy atom. The molecule has 9 heteroatoms. The first-order valence-electron chi connectivity index (χ1n) is 11.8. The maximum atomic E-state index is 4.29. The molecule has 0 amide bonds. The molecule has 0 fully saturated rings. The third kappa shape index (κ3) is 8.81. The molecule has 0 unspecified atom stereocenters. The highest BCUT2D eigenvalue weighted by Gasteiger charge is 1.98. The molecule has 37 heavy (non-hydrogen) atoms. The standard InChI is InChI=1S/C28H35N9/c1-35(2)25-13-7-22(8-14-25)19-29-32-28(33-30-20-23-9-15-26(16-10-23)36(3)4)34-31-21-24-11-17-27(18-12-24)37(5)6/h7-21H,1-6H3,(H2,32,33,34). The monoisotopic (exact) mass is 497 g/mol. The van der Waals surface area contributed by atoms with Crippen molar-refractivity contribution in [3.63, 3.8) is 0 Å². The number of rotatable bonds is 9. The molecule has 192 valence electrons. The Labute approximate surface area is 219 Å². The second kappa shape index (κ2) is 13.4. The SMILES string of the molecule is CN(C)c1ccc(C=NN=C(NN=Cc2ccc(N(C)C)cc2)NN=Cc2ccc(N(C)C)cc2)cc1. The Morgan fingerprint density at radius 2 is 0.838 bits per heavy atom. The van der Waals surface area contributed by atoms with Gasteiger partial charge in [-0.1, -0.05) is 36.4 Å². The van der Waals surface area contributed by atoms with Gasteiger partial charge in [-0.15, -0.1) is 5.10 Å². The highest BCUT2D eigenvalue weighted by molar-refractivity contribution is 5.87. The van der Waals surface area contributed by atoms with Gasteiger partial charge in [-0.2, -0.15) is 15.3 Å². The van der Waals surface area contributed by atoms with Crippen LogP contribution in [-0.2, 0) is 0 Å². The molecule has 0 bridgehead atoms. The largest absolute Gasteiger partial charge is 0.378 e. The topological polar surface area (TPSA) is 83.2 Å². The van der Waals surface area contributed by atoms with Crippen LogP contribution in [0.1, 0.15) is 16.7 Å². The third-order valence-electron chi connectivity index (χ3n) is 5.36. The lowest BCUT2D eigenvalue weighted by molar-refractivity contribution is 0.890. The molecule has 2 N–H and O–H groups in total. The summed E-state index contributed by atoms with van der Waals surface area (Å²) in [5.41, 5.74) is 12.0. The first kappa shape index (κ1) is 26.9. The molecule has 9 nitrogen and oxygen atoms in total. The number of benzene rings is 3. The molecule has 0 atom stereocenters. The minimum absolute atomic E-state index is 0.281. The summed E-state index contributed by atoms with van der Waals surface area (Å²) >= 11 is 0. The zero-order chi connectivity index (χ0) is 26.6. The van der Waals surface area contributed by atoms with Gasteiger partial charge in [-0.3, -0.25) is 0 Å². The fourth-order valence-corrected chi connectivity index (χ4v) is 3.13. The molecule has 0 saturated carbocycles. The highest BCUT2D eigenvalue weighted by Crippen LogP contribution is 2.12. The van der Waals surface area contributed by atoms with E-state index in [0.29, 0.717) is 0 Å². The Morgan fingerprint density at radius 1 is 0.514 bits per heavy atom. The van der Waals surface area contributed by atoms with Crippen molar-refractivity contribution in [1.82, 2.24) is 10.9 Å². The normalized spacial score (nSPS) is 11.2. The van der Waals surface area contributed by atoms with Gasteiger partial charge in [0.05, 0.1) is 18.6 Å². The van der Waals surface area contributed by atoms with Crippen LogP contribution >= 0.6 is 0 Å². The number of hydrogen-bond donors (Lipinski definition) is 2. The predicted molar refractivity (Wildman–Crippen MR) is 159 cm³/mol. The Hall–Kier alpha value is -4.66. The molecular formula is C28H35N9. The van der Waals surface area contributed by atoms with E-state index in [1.54, 1.807) is 18.6 Å². The maximum Gasteiger partial charge on any atom is 0.257 e. The summed E-state index contributed by atoms with van der Waals surface area (Å²) in [4.78, 5) is 6.14. The van der Waals surface area contributed by atoms with E-state index in [0.717, 1.165) is 33.8 Å². The highest BCUT2D eigenvalue weighted by atomic mass is 15.5. The first-order chi connectivity index (χ1) is 17.8. The molecule has 3 aromatic carbocycles. The summed E-state index contributed by atoms with van der Waals surface area (Å²) in [6, 6.07) is 24.1. The summed E-state index contributed by atoms with van der Waals surface area (Å²) in [6.45, 7) is 0. The van der Waals surface area contributed by atoms with E-state index < -0.39 is 0 Å². The minimum Gasteiger partial charge on any atom is -0.378 e. The minimum atomic E-state index is 0.281. The Kier molecular flexibility index (Phi) is 9.78. The van der Waals surface area contributed by atoms with Crippen LogP contribution in [-0.4, -0.2) is 66.9 Å². The second-order valence-electron chi connectivity index (χ2n) is 8.89. The molecule has 0 heterocycles. The maximum absolute atomic E-state index is 4.29. The molecule has 3 rings (SSSR count). The van der Waals surface area contributed by atoms with Gasteiger partial charge in [0.1, 0.15) is 0 Å². The number of guanidine groups is 1. The van der Waals surface area contributed by atoms with E-state index in [9.17, 15) is 0 Å². The molecule has 0 aliphatic carbocycles. The smallest absolute Gasteiger partial charge is 0.257 e. The summed E-state index contributed by atoms with van der Waals surface area (Å²) in [7, 11) is 12.0. The lowest BCUT2D eigenvalue weighted by Crippen LogP contribution is -2.30. The van der Waals surface area contributed by atoms with Crippen molar-refractivity contribution >= 4 is 41.7 Å². The number of hydrogen-bond acceptors (Lipinski definition) is 7. The van der Waals surface area contributed by atoms with Crippen molar-refractivity contribution in [2.75, 3.05) is 57.0 Å². The van der Waals surface area contributed by atoms with E-state index in [1.165, 1.54) is 0 Å². The van der Waals surface area contributed by atoms with Gasteiger partial charge in [-0.25, -0.2) is 10.9 Å². The molecule has 3 aromatic rings. The number of hydrazone groups is 2. The fraction of sp³-hybridized carbons (Fsp3) is 0.214. The van der Waals surface area contributed by atoms with Gasteiger partial charge in [0, 0.05) is 59.3 Å². The summed E-state index contributed by atoms with van der Waals surface area (Å²) in [5.74, 6) is 0.281. The number of nitrogens with zero attached hydrogens (tertiary/aromatic N) is 7. The van der Waals surface area contributed by atoms with Crippen LogP contribution in [0.3, 0.4) is 0 Å². The van der Waals surface area contributed by atoms with Crippen molar-refractivity contribution in [2.45, 2.75) is 0 Å². The van der Waals surface area contributed by atoms with Crippen LogP contribution < -0.4 is 25.6 Å². The van der Waals surface area contributed by atoms with Crippen molar-refractivity contribution < 1.29 is 0 Å². The molecule has 0 aromatic heterocycles. The fourth-order valence-electron chi connectivity index (χ4n) is 3.13. The van der Waals surface area contributed by atoms with Crippen LogP contribution in [0.25, 0.3) is 0 Å². The Balaban J connectivity index is 1.70. The summed E-state index contributed by atoms with van der Waals surface area (Å²) in [6.07, 6.45) is 5.10. The van der Waals surface area contributed by atoms with Crippen LogP contribution in [0, 0.1) is 0 Å². The molecule has 0 saturated heterocycles. The number of nitrogens with one attached hydrogen (secondary N) is 2. The summed E-state index contributed by atoms with van der Waals surface area (Å²) in [5, 5.41) is 17.0. The number of anilines is 3. The lowest BCUT2D eigenvalue weighted by Gasteiger charge is -2.11. The van der Waals surface area contributed by atoms with Crippen LogP contribution in [0.5, 0.6) is 0 Å². The molecule has 0 spiro atoms. The third-order valence-corrected chi connectivity index (χ3v) is 5.36. The van der Waals surface area contributed by atoms with Crippen molar-refractivity contribution in [3.8, 4) is 0 Å². The van der Waals surface area contributed by atoms with Crippen LogP contribution in [0.15, 0.2) is 93.2 Å². The zero-order valence-electron chi connectivity index (χ0n) is 22.3. The molecule has 0 aliphatic rings. The molecular weight excluding hydrogens is 462 g/mol. The first-order valence-corrected chi connectivity index (χ1v) is 11.8. The zero-order valence-corrected chi connectivity index (χ0v) is 22.3. The van der Waals surface area contributed by atoms with Crippen molar-refractivity contribution in [1.29, 1.82) is 0 Å². The van der Waals surface area contributed by atoms with E-state index in [2.05, 4.69) is 31.3 Å². The lowest BCUT2D eigenvalue weighted by atomic mass is 10.2. The van der Waals surface area contributed by atoms with Gasteiger partial charge >= 0.3 is 0 Å². The van der Waals surface area contributed by atoms with Crippen molar-refractivity contribution in [2.24, 2.45) is 20.4 Å². The van der Waals surface area contributed by atoms with Gasteiger partial charge in [0.2, 0.25) is 0 Å². The molecule has 0 radical (unpaired) electrons. The van der Waals surface area contributed by atoms with E-state index in [1.807, 2.05) is 130 Å². The van der Waals surface area contributed by atoms with Crippen LogP contribution in [0.2, 0.25) is 0 Å². The average Bonchev–Trinajstić information content (AvgIpc) is 2.89. The van der Waals surface area contributed by atoms with E-state index in [4.69, 9.17) is 0 Å². The van der Waals surface area contributed by atoms with Gasteiger partial charge in [-0.05, 0) is 53.1 Å². The average molecular weight is 498 g/mol. The van der Waals surface area contributed by atoms with Gasteiger partial charge in [0.25, 0.3) is 5.96 Å². The summed E-state index contributed by atoms with van der Waals surface area (Å²) < 4.78 is 0. The van der Waals surface area contributed by atoms with Crippen molar-refractivity contribution in [3.05, 3.63) is 89.5 Å². The Bertz CT molecular complexity index is 1160. The quantitative estimate of drug-likeness (QED) is 0.267. The predicted octanol–water partition coefficient (Wildman–Crippen LogP) is 3.82. The van der Waals surface area contributed by atoms with Gasteiger partial charge in [0.15, 0.2) is 0 Å². The van der Waals surface area contributed by atoms with Gasteiger partial charge < -0.3 is 14.7 Å². The van der Waals surface area contributed by atoms with E-state index in [-0.39, 0.29) is 5.96 Å². The van der Waals surface area contributed by atoms with E-state index >= 15 is 0 Å². The molecule has 0 aliphatic heterocycles. The second-order valence-corrected chi connectivity index (χ2v) is 8.89.